The second-order valence-electron chi connectivity index (χ2n) is 5.23. The molecule has 136 valence electrons. The van der Waals surface area contributed by atoms with E-state index in [4.69, 9.17) is 16.3 Å². The van der Waals surface area contributed by atoms with Crippen molar-refractivity contribution in [3.05, 3.63) is 57.0 Å². The van der Waals surface area contributed by atoms with E-state index in [1.54, 1.807) is 6.92 Å². The molecule has 10 heteroatoms. The molecule has 0 amide bonds. The average molecular weight is 386 g/mol. The number of halogens is 4. The number of rotatable bonds is 3. The molecule has 0 unspecified atom stereocenters. The van der Waals surface area contributed by atoms with Crippen LogP contribution in [0, 0.1) is 0 Å². The van der Waals surface area contributed by atoms with Gasteiger partial charge in [0.2, 0.25) is 0 Å². The lowest BCUT2D eigenvalue weighted by atomic mass is 10.1. The molecular formula is C16H11ClF3N3O3. The van der Waals surface area contributed by atoms with E-state index in [2.05, 4.69) is 10.1 Å². The third-order valence-corrected chi connectivity index (χ3v) is 3.77. The molecule has 2 heterocycles. The Kier molecular flexibility index (Phi) is 4.49. The Labute approximate surface area is 149 Å². The number of aromatic amines is 1. The van der Waals surface area contributed by atoms with Crippen LogP contribution in [0.1, 0.15) is 23.0 Å². The van der Waals surface area contributed by atoms with Crippen molar-refractivity contribution in [1.82, 2.24) is 14.6 Å². The van der Waals surface area contributed by atoms with Gasteiger partial charge in [0, 0.05) is 16.7 Å². The van der Waals surface area contributed by atoms with Gasteiger partial charge in [-0.25, -0.2) is 4.79 Å². The van der Waals surface area contributed by atoms with Gasteiger partial charge in [-0.15, -0.1) is 0 Å². The van der Waals surface area contributed by atoms with Crippen LogP contribution in [0.15, 0.2) is 35.1 Å². The predicted octanol–water partition coefficient (Wildman–Crippen LogP) is 3.54. The zero-order valence-electron chi connectivity index (χ0n) is 13.2. The highest BCUT2D eigenvalue weighted by Crippen LogP contribution is 2.30. The minimum absolute atomic E-state index is 0.000571. The number of carbonyl (C=O) groups is 1. The summed E-state index contributed by atoms with van der Waals surface area (Å²) in [6.07, 6.45) is -4.79. The molecule has 0 aliphatic heterocycles. The maximum absolute atomic E-state index is 13.0. The topological polar surface area (TPSA) is 76.5 Å². The second kappa shape index (κ2) is 6.49. The fourth-order valence-electron chi connectivity index (χ4n) is 2.40. The Bertz CT molecular complexity index is 1040. The maximum Gasteiger partial charge on any atom is 0.431 e. The van der Waals surface area contributed by atoms with E-state index < -0.39 is 29.0 Å². The predicted molar refractivity (Wildman–Crippen MR) is 87.2 cm³/mol. The monoisotopic (exact) mass is 385 g/mol. The fourth-order valence-corrected chi connectivity index (χ4v) is 2.53. The number of esters is 1. The van der Waals surface area contributed by atoms with Crippen LogP contribution in [0.4, 0.5) is 13.2 Å². The van der Waals surface area contributed by atoms with Crippen LogP contribution in [-0.4, -0.2) is 27.2 Å². The molecule has 0 fully saturated rings. The fraction of sp³-hybridized carbons (Fsp3) is 0.188. The summed E-state index contributed by atoms with van der Waals surface area (Å²) in [6.45, 7) is 1.55. The largest absolute Gasteiger partial charge is 0.462 e. The summed E-state index contributed by atoms with van der Waals surface area (Å²) >= 11 is 5.83. The first kappa shape index (κ1) is 18.0. The van der Waals surface area contributed by atoms with Gasteiger partial charge in [0.25, 0.3) is 5.56 Å². The van der Waals surface area contributed by atoms with Crippen molar-refractivity contribution in [3.8, 4) is 11.3 Å². The average Bonchev–Trinajstić information content (AvgIpc) is 2.95. The summed E-state index contributed by atoms with van der Waals surface area (Å²) in [6, 6.07) is 6.49. The van der Waals surface area contributed by atoms with Crippen LogP contribution >= 0.6 is 11.6 Å². The van der Waals surface area contributed by atoms with Gasteiger partial charge in [0.05, 0.1) is 6.61 Å². The van der Waals surface area contributed by atoms with Gasteiger partial charge >= 0.3 is 12.1 Å². The molecule has 3 rings (SSSR count). The van der Waals surface area contributed by atoms with E-state index in [1.807, 2.05) is 0 Å². The Morgan fingerprint density at radius 1 is 1.31 bits per heavy atom. The summed E-state index contributed by atoms with van der Waals surface area (Å²) in [5.41, 5.74) is -2.58. The van der Waals surface area contributed by atoms with Crippen molar-refractivity contribution in [2.45, 2.75) is 13.1 Å². The van der Waals surface area contributed by atoms with Crippen LogP contribution < -0.4 is 5.56 Å². The SMILES string of the molecule is CCOC(=O)c1c(-c2ccc(Cl)cc2)nn2c(=O)cc(C(F)(F)F)[nH]c12. The number of H-pyrrole nitrogens is 1. The quantitative estimate of drug-likeness (QED) is 0.700. The van der Waals surface area contributed by atoms with E-state index in [0.717, 1.165) is 0 Å². The molecular weight excluding hydrogens is 375 g/mol. The Balaban J connectivity index is 2.35. The van der Waals surface area contributed by atoms with Gasteiger partial charge in [-0.3, -0.25) is 4.79 Å². The summed E-state index contributed by atoms with van der Waals surface area (Å²) in [5, 5.41) is 4.42. The van der Waals surface area contributed by atoms with Crippen molar-refractivity contribution in [3.63, 3.8) is 0 Å². The smallest absolute Gasteiger partial charge is 0.431 e. The lowest BCUT2D eigenvalue weighted by Gasteiger charge is -2.07. The lowest BCUT2D eigenvalue weighted by molar-refractivity contribution is -0.141. The first-order valence-electron chi connectivity index (χ1n) is 7.38. The van der Waals surface area contributed by atoms with E-state index in [-0.39, 0.29) is 17.9 Å². The van der Waals surface area contributed by atoms with Crippen LogP contribution in [0.2, 0.25) is 5.02 Å². The van der Waals surface area contributed by atoms with Crippen LogP contribution in [0.5, 0.6) is 0 Å². The molecule has 6 nitrogen and oxygen atoms in total. The first-order valence-corrected chi connectivity index (χ1v) is 7.76. The van der Waals surface area contributed by atoms with Gasteiger partial charge in [0.1, 0.15) is 17.0 Å². The van der Waals surface area contributed by atoms with Crippen LogP contribution in [-0.2, 0) is 10.9 Å². The zero-order valence-corrected chi connectivity index (χ0v) is 14.0. The third kappa shape index (κ3) is 3.17. The maximum atomic E-state index is 13.0. The number of fused-ring (bicyclic) bond motifs is 1. The molecule has 0 spiro atoms. The van der Waals surface area contributed by atoms with Gasteiger partial charge in [-0.1, -0.05) is 23.7 Å². The van der Waals surface area contributed by atoms with Gasteiger partial charge in [-0.2, -0.15) is 22.8 Å². The molecule has 1 N–H and O–H groups in total. The van der Waals surface area contributed by atoms with Crippen molar-refractivity contribution >= 4 is 23.2 Å². The van der Waals surface area contributed by atoms with E-state index in [1.165, 1.54) is 24.3 Å². The molecule has 2 aromatic heterocycles. The zero-order chi connectivity index (χ0) is 19.1. The molecule has 1 aromatic carbocycles. The minimum atomic E-state index is -4.79. The number of alkyl halides is 3. The van der Waals surface area contributed by atoms with Gasteiger partial charge < -0.3 is 9.72 Å². The molecule has 3 aromatic rings. The normalized spacial score (nSPS) is 11.7. The van der Waals surface area contributed by atoms with Gasteiger partial charge in [-0.05, 0) is 19.1 Å². The Morgan fingerprint density at radius 2 is 1.96 bits per heavy atom. The number of carbonyl (C=O) groups excluding carboxylic acids is 1. The van der Waals surface area contributed by atoms with Crippen molar-refractivity contribution in [2.75, 3.05) is 6.61 Å². The third-order valence-electron chi connectivity index (χ3n) is 3.52. The Hall–Kier alpha value is -2.81. The molecule has 0 saturated heterocycles. The molecule has 26 heavy (non-hydrogen) atoms. The molecule has 0 saturated carbocycles. The number of hydrogen-bond acceptors (Lipinski definition) is 4. The highest BCUT2D eigenvalue weighted by Gasteiger charge is 2.34. The molecule has 0 bridgehead atoms. The summed E-state index contributed by atoms with van der Waals surface area (Å²) in [4.78, 5) is 26.5. The highest BCUT2D eigenvalue weighted by atomic mass is 35.5. The van der Waals surface area contributed by atoms with Gasteiger partial charge in [0.15, 0.2) is 5.65 Å². The van der Waals surface area contributed by atoms with Crippen molar-refractivity contribution in [2.24, 2.45) is 0 Å². The number of nitrogens with one attached hydrogen (secondary N) is 1. The second-order valence-corrected chi connectivity index (χ2v) is 5.67. The molecule has 0 atom stereocenters. The summed E-state index contributed by atoms with van der Waals surface area (Å²) in [5.74, 6) is -0.901. The van der Waals surface area contributed by atoms with Crippen LogP contribution in [0.3, 0.4) is 0 Å². The lowest BCUT2D eigenvalue weighted by Crippen LogP contribution is -2.20. The van der Waals surface area contributed by atoms with E-state index in [9.17, 15) is 22.8 Å². The number of ether oxygens (including phenoxy) is 1. The molecule has 0 aliphatic carbocycles. The van der Waals surface area contributed by atoms with Crippen LogP contribution in [0.25, 0.3) is 16.9 Å². The first-order chi connectivity index (χ1) is 12.2. The number of hydrogen-bond donors (Lipinski definition) is 1. The molecule has 0 aliphatic rings. The number of nitrogens with zero attached hydrogens (tertiary/aromatic N) is 2. The molecule has 0 radical (unpaired) electrons. The summed E-state index contributed by atoms with van der Waals surface area (Å²) in [7, 11) is 0. The number of aromatic nitrogens is 3. The Morgan fingerprint density at radius 3 is 2.54 bits per heavy atom. The number of benzene rings is 1. The van der Waals surface area contributed by atoms with Crippen molar-refractivity contribution < 1.29 is 22.7 Å². The minimum Gasteiger partial charge on any atom is -0.462 e. The standard InChI is InChI=1S/C16H11ClF3N3O3/c1-2-26-15(25)12-13(8-3-5-9(17)6-4-8)22-23-11(24)7-10(16(18,19)20)21-14(12)23/h3-7,21H,2H2,1H3. The summed E-state index contributed by atoms with van der Waals surface area (Å²) < 4.78 is 44.7. The highest BCUT2D eigenvalue weighted by molar-refractivity contribution is 6.30. The van der Waals surface area contributed by atoms with E-state index >= 15 is 0 Å². The van der Waals surface area contributed by atoms with E-state index in [0.29, 0.717) is 21.2 Å². The van der Waals surface area contributed by atoms with Crippen molar-refractivity contribution in [1.29, 1.82) is 0 Å².